The van der Waals surface area contributed by atoms with E-state index in [1.54, 1.807) is 18.3 Å². The number of anilines is 1. The summed E-state index contributed by atoms with van der Waals surface area (Å²) in [6.07, 6.45) is 3.70. The predicted octanol–water partition coefficient (Wildman–Crippen LogP) is 4.55. The zero-order chi connectivity index (χ0) is 16.5. The molecule has 3 aromatic rings. The summed E-state index contributed by atoms with van der Waals surface area (Å²) < 4.78 is 0.905. The minimum atomic E-state index is 0.0634. The summed E-state index contributed by atoms with van der Waals surface area (Å²) >= 11 is 1.59. The second-order valence-electron chi connectivity index (χ2n) is 6.17. The molecule has 0 aliphatic carbocycles. The van der Waals surface area contributed by atoms with E-state index in [9.17, 15) is 4.79 Å². The summed E-state index contributed by atoms with van der Waals surface area (Å²) in [6, 6.07) is 11.9. The Morgan fingerprint density at radius 1 is 1.08 bits per heavy atom. The van der Waals surface area contributed by atoms with Gasteiger partial charge in [0.2, 0.25) is 0 Å². The van der Waals surface area contributed by atoms with Gasteiger partial charge in [0.1, 0.15) is 0 Å². The molecule has 0 amide bonds. The van der Waals surface area contributed by atoms with Crippen LogP contribution in [0.2, 0.25) is 0 Å². The van der Waals surface area contributed by atoms with Gasteiger partial charge in [0, 0.05) is 24.2 Å². The number of hydrogen-bond acceptors (Lipinski definition) is 5. The summed E-state index contributed by atoms with van der Waals surface area (Å²) in [5.41, 5.74) is 3.23. The number of carbonyl (C=O) groups is 1. The van der Waals surface area contributed by atoms with Crippen LogP contribution in [0, 0.1) is 0 Å². The average molecular weight is 337 g/mol. The van der Waals surface area contributed by atoms with Crippen LogP contribution in [0.25, 0.3) is 21.6 Å². The number of piperidine rings is 1. The topological polar surface area (TPSA) is 46.1 Å². The van der Waals surface area contributed by atoms with Crippen LogP contribution in [-0.2, 0) is 0 Å². The predicted molar refractivity (Wildman–Crippen MR) is 98.9 cm³/mol. The van der Waals surface area contributed by atoms with E-state index in [0.29, 0.717) is 5.65 Å². The van der Waals surface area contributed by atoms with E-state index in [1.807, 2.05) is 36.4 Å². The molecule has 122 valence electrons. The number of thiazole rings is 1. The molecule has 1 aromatic carbocycles. The molecule has 0 bridgehead atoms. The van der Waals surface area contributed by atoms with Crippen LogP contribution in [0.4, 0.5) is 5.13 Å². The Hall–Kier alpha value is -2.27. The summed E-state index contributed by atoms with van der Waals surface area (Å²) in [6.45, 7) is 3.70. The van der Waals surface area contributed by atoms with Gasteiger partial charge in [-0.25, -0.2) is 4.98 Å². The molecule has 0 spiro atoms. The molecule has 24 heavy (non-hydrogen) atoms. The summed E-state index contributed by atoms with van der Waals surface area (Å²) in [7, 11) is 0. The molecule has 0 N–H and O–H groups in total. The van der Waals surface area contributed by atoms with Crippen molar-refractivity contribution >= 4 is 32.6 Å². The van der Waals surface area contributed by atoms with Gasteiger partial charge in [-0.05, 0) is 32.3 Å². The van der Waals surface area contributed by atoms with Gasteiger partial charge in [-0.2, -0.15) is 4.98 Å². The maximum Gasteiger partial charge on any atom is 0.188 e. The largest absolute Gasteiger partial charge is 0.348 e. The minimum absolute atomic E-state index is 0.0634. The molecule has 1 saturated heterocycles. The number of benzene rings is 1. The number of nitrogens with zero attached hydrogens (tertiary/aromatic N) is 3. The van der Waals surface area contributed by atoms with Gasteiger partial charge in [-0.1, -0.05) is 41.7 Å². The van der Waals surface area contributed by atoms with Crippen LogP contribution in [0.1, 0.15) is 36.5 Å². The van der Waals surface area contributed by atoms with E-state index in [4.69, 9.17) is 9.97 Å². The van der Waals surface area contributed by atoms with Gasteiger partial charge in [0.25, 0.3) is 0 Å². The van der Waals surface area contributed by atoms with Crippen molar-refractivity contribution < 1.29 is 4.79 Å². The van der Waals surface area contributed by atoms with E-state index in [2.05, 4.69) is 4.90 Å². The Labute approximate surface area is 145 Å². The van der Waals surface area contributed by atoms with Crippen LogP contribution >= 0.6 is 11.3 Å². The fourth-order valence-electron chi connectivity index (χ4n) is 3.14. The molecule has 0 radical (unpaired) electrons. The number of hydrogen-bond donors (Lipinski definition) is 0. The molecule has 0 unspecified atom stereocenters. The summed E-state index contributed by atoms with van der Waals surface area (Å²) in [4.78, 5) is 24.0. The van der Waals surface area contributed by atoms with Gasteiger partial charge in [0.05, 0.1) is 10.4 Å². The maximum absolute atomic E-state index is 12.2. The number of aromatic nitrogens is 2. The minimum Gasteiger partial charge on any atom is -0.348 e. The van der Waals surface area contributed by atoms with Crippen molar-refractivity contribution in [2.75, 3.05) is 18.0 Å². The first-order chi connectivity index (χ1) is 11.7. The van der Waals surface area contributed by atoms with Gasteiger partial charge >= 0.3 is 0 Å². The quantitative estimate of drug-likeness (QED) is 0.658. The maximum atomic E-state index is 12.2. The Balaban J connectivity index is 1.85. The lowest BCUT2D eigenvalue weighted by molar-refractivity contribution is 0.101. The lowest BCUT2D eigenvalue weighted by atomic mass is 10.1. The van der Waals surface area contributed by atoms with E-state index >= 15 is 0 Å². The molecular weight excluding hydrogens is 318 g/mol. The first-order valence-corrected chi connectivity index (χ1v) is 9.17. The highest BCUT2D eigenvalue weighted by molar-refractivity contribution is 7.22. The molecule has 4 rings (SSSR count). The van der Waals surface area contributed by atoms with Crippen molar-refractivity contribution in [1.82, 2.24) is 9.97 Å². The first-order valence-electron chi connectivity index (χ1n) is 8.35. The first kappa shape index (κ1) is 15.3. The highest BCUT2D eigenvalue weighted by Gasteiger charge is 2.19. The molecule has 3 heterocycles. The molecule has 0 atom stereocenters. The summed E-state index contributed by atoms with van der Waals surface area (Å²) in [5.74, 6) is 0.0634. The third-order valence-corrected chi connectivity index (χ3v) is 5.56. The number of carbonyl (C=O) groups excluding carboxylic acids is 1. The number of pyridine rings is 1. The monoisotopic (exact) mass is 337 g/mol. The second-order valence-corrected chi connectivity index (χ2v) is 7.15. The molecule has 5 heteroatoms. The van der Waals surface area contributed by atoms with Gasteiger partial charge in [0.15, 0.2) is 16.6 Å². The lowest BCUT2D eigenvalue weighted by Crippen LogP contribution is -2.29. The van der Waals surface area contributed by atoms with Crippen LogP contribution in [0.3, 0.4) is 0 Å². The highest BCUT2D eigenvalue weighted by atomic mass is 32.1. The fourth-order valence-corrected chi connectivity index (χ4v) is 4.26. The van der Waals surface area contributed by atoms with Crippen molar-refractivity contribution in [2.45, 2.75) is 26.2 Å². The lowest BCUT2D eigenvalue weighted by Gasteiger charge is -2.25. The highest BCUT2D eigenvalue weighted by Crippen LogP contribution is 2.34. The molecule has 4 nitrogen and oxygen atoms in total. The normalized spacial score (nSPS) is 15.0. The smallest absolute Gasteiger partial charge is 0.188 e. The van der Waals surface area contributed by atoms with Crippen LogP contribution in [0.5, 0.6) is 0 Å². The number of rotatable bonds is 3. The Kier molecular flexibility index (Phi) is 4.02. The van der Waals surface area contributed by atoms with Crippen LogP contribution in [0.15, 0.2) is 36.4 Å². The zero-order valence-electron chi connectivity index (χ0n) is 13.7. The second kappa shape index (κ2) is 6.32. The summed E-state index contributed by atoms with van der Waals surface area (Å²) in [5, 5.41) is 0.991. The van der Waals surface area contributed by atoms with Crippen LogP contribution in [-0.4, -0.2) is 28.8 Å². The third-order valence-electron chi connectivity index (χ3n) is 4.43. The van der Waals surface area contributed by atoms with Crippen molar-refractivity contribution in [3.05, 3.63) is 42.0 Å². The van der Waals surface area contributed by atoms with Crippen molar-refractivity contribution in [1.29, 1.82) is 0 Å². The molecule has 2 aromatic heterocycles. The fraction of sp³-hybridized carbons (Fsp3) is 0.316. The molecule has 1 aliphatic rings. The van der Waals surface area contributed by atoms with Crippen molar-refractivity contribution in [3.8, 4) is 11.3 Å². The van der Waals surface area contributed by atoms with E-state index in [-0.39, 0.29) is 5.78 Å². The van der Waals surface area contributed by atoms with Crippen molar-refractivity contribution in [2.24, 2.45) is 0 Å². The Morgan fingerprint density at radius 3 is 2.54 bits per heavy atom. The molecule has 0 saturated carbocycles. The molecule has 1 fully saturated rings. The SMILES string of the molecule is CC(=O)c1cc(-c2ccccc2)nc2nc(N3CCCCC3)sc12. The molecule has 1 aliphatic heterocycles. The third kappa shape index (κ3) is 2.80. The molecular formula is C19H19N3OS. The average Bonchev–Trinajstić information content (AvgIpc) is 3.06. The number of ketones is 1. The number of Topliss-reactive ketones (excluding diaryl/α,β-unsaturated/α-hetero) is 1. The number of fused-ring (bicyclic) bond motifs is 1. The standard InChI is InChI=1S/C19H19N3OS/c1-13(23)15-12-16(14-8-4-2-5-9-14)20-18-17(15)24-19(21-18)22-10-6-3-7-11-22/h2,4-5,8-9,12H,3,6-7,10-11H2,1H3. The Morgan fingerprint density at radius 2 is 1.83 bits per heavy atom. The zero-order valence-corrected chi connectivity index (χ0v) is 14.5. The van der Waals surface area contributed by atoms with E-state index in [0.717, 1.165) is 39.7 Å². The van der Waals surface area contributed by atoms with E-state index in [1.165, 1.54) is 19.3 Å². The van der Waals surface area contributed by atoms with Crippen molar-refractivity contribution in [3.63, 3.8) is 0 Å². The Bertz CT molecular complexity index is 882. The van der Waals surface area contributed by atoms with Crippen LogP contribution < -0.4 is 4.90 Å². The van der Waals surface area contributed by atoms with Gasteiger partial charge < -0.3 is 4.90 Å². The van der Waals surface area contributed by atoms with Gasteiger partial charge in [-0.15, -0.1) is 0 Å². The van der Waals surface area contributed by atoms with Gasteiger partial charge in [-0.3, -0.25) is 4.79 Å². The van der Waals surface area contributed by atoms with E-state index < -0.39 is 0 Å².